The van der Waals surface area contributed by atoms with Crippen LogP contribution in [0.15, 0.2) is 33.7 Å². The molecule has 1 aromatic carbocycles. The molecule has 5 heteroatoms. The topological polar surface area (TPSA) is 65.6 Å². The van der Waals surface area contributed by atoms with Crippen LogP contribution < -0.4 is 0 Å². The van der Waals surface area contributed by atoms with Crippen molar-refractivity contribution in [3.05, 3.63) is 35.7 Å². The molecular weight excluding hydrogens is 258 g/mol. The van der Waals surface area contributed by atoms with Gasteiger partial charge in [0.25, 0.3) is 0 Å². The van der Waals surface area contributed by atoms with E-state index in [1.807, 2.05) is 38.1 Å². The summed E-state index contributed by atoms with van der Waals surface area (Å²) in [6, 6.07) is 7.94. The Labute approximate surface area is 114 Å². The standard InChI is InChI=1S/C14H11N3OS/c1-8-12(9(2)18-17-8)13-14(19-7-15)10-5-3-4-6-11(10)16-13/h3-6,16H,1-2H3. The average molecular weight is 269 g/mol. The smallest absolute Gasteiger partial charge is 0.143 e. The molecule has 0 atom stereocenters. The molecule has 94 valence electrons. The fourth-order valence-corrected chi connectivity index (χ4v) is 2.92. The lowest BCUT2D eigenvalue weighted by atomic mass is 10.1. The summed E-state index contributed by atoms with van der Waals surface area (Å²) in [7, 11) is 0. The van der Waals surface area contributed by atoms with Gasteiger partial charge in [0, 0.05) is 10.9 Å². The Morgan fingerprint density at radius 3 is 2.79 bits per heavy atom. The number of nitrogens with zero attached hydrogens (tertiary/aromatic N) is 2. The fraction of sp³-hybridized carbons (Fsp3) is 0.143. The molecule has 0 saturated carbocycles. The summed E-state index contributed by atoms with van der Waals surface area (Å²) < 4.78 is 5.22. The molecule has 0 bridgehead atoms. The van der Waals surface area contributed by atoms with Crippen LogP contribution in [0.3, 0.4) is 0 Å². The lowest BCUT2D eigenvalue weighted by Gasteiger charge is -1.99. The third kappa shape index (κ3) is 1.81. The summed E-state index contributed by atoms with van der Waals surface area (Å²) in [6.07, 6.45) is 0. The fourth-order valence-electron chi connectivity index (χ4n) is 2.28. The predicted molar refractivity (Wildman–Crippen MR) is 74.7 cm³/mol. The SMILES string of the molecule is Cc1noc(C)c1-c1[nH]c2ccccc2c1SC#N. The minimum Gasteiger partial charge on any atom is -0.361 e. The minimum atomic E-state index is 0.754. The van der Waals surface area contributed by atoms with Crippen LogP contribution in [-0.4, -0.2) is 10.1 Å². The Bertz CT molecular complexity index is 775. The highest BCUT2D eigenvalue weighted by Gasteiger charge is 2.19. The summed E-state index contributed by atoms with van der Waals surface area (Å²) in [5.41, 5.74) is 3.68. The first-order valence-corrected chi connectivity index (χ1v) is 6.64. The number of H-pyrrole nitrogens is 1. The van der Waals surface area contributed by atoms with Crippen molar-refractivity contribution < 1.29 is 4.52 Å². The largest absolute Gasteiger partial charge is 0.361 e. The molecule has 2 aromatic heterocycles. The zero-order chi connectivity index (χ0) is 13.4. The van der Waals surface area contributed by atoms with Crippen molar-refractivity contribution in [1.29, 1.82) is 5.26 Å². The second-order valence-electron chi connectivity index (χ2n) is 4.27. The summed E-state index contributed by atoms with van der Waals surface area (Å²) in [5.74, 6) is 0.754. The number of benzene rings is 1. The van der Waals surface area contributed by atoms with E-state index in [1.165, 1.54) is 0 Å². The number of hydrogen-bond acceptors (Lipinski definition) is 4. The average Bonchev–Trinajstić information content (AvgIpc) is 2.92. The number of rotatable bonds is 2. The Kier molecular flexibility index (Phi) is 2.80. The number of aromatic nitrogens is 2. The van der Waals surface area contributed by atoms with Gasteiger partial charge in [-0.05, 0) is 31.7 Å². The first-order valence-electron chi connectivity index (χ1n) is 5.82. The van der Waals surface area contributed by atoms with Crippen LogP contribution in [0.1, 0.15) is 11.5 Å². The first kappa shape index (κ1) is 11.9. The number of nitrogens with one attached hydrogen (secondary N) is 1. The predicted octanol–water partition coefficient (Wildman–Crippen LogP) is 4.01. The molecule has 1 N–H and O–H groups in total. The molecular formula is C14H11N3OS. The van der Waals surface area contributed by atoms with Crippen molar-refractivity contribution in [3.63, 3.8) is 0 Å². The normalized spacial score (nSPS) is 10.8. The molecule has 0 unspecified atom stereocenters. The highest BCUT2D eigenvalue weighted by Crippen LogP contribution is 2.39. The molecule has 0 saturated heterocycles. The zero-order valence-electron chi connectivity index (χ0n) is 10.5. The zero-order valence-corrected chi connectivity index (χ0v) is 11.3. The van der Waals surface area contributed by atoms with Gasteiger partial charge in [0.05, 0.1) is 21.8 Å². The van der Waals surface area contributed by atoms with Crippen molar-refractivity contribution in [2.24, 2.45) is 0 Å². The van der Waals surface area contributed by atoms with Gasteiger partial charge < -0.3 is 9.51 Å². The van der Waals surface area contributed by atoms with E-state index >= 15 is 0 Å². The van der Waals surface area contributed by atoms with Gasteiger partial charge in [0.2, 0.25) is 0 Å². The molecule has 4 nitrogen and oxygen atoms in total. The van der Waals surface area contributed by atoms with Crippen LogP contribution in [0.4, 0.5) is 0 Å². The van der Waals surface area contributed by atoms with Gasteiger partial charge >= 0.3 is 0 Å². The number of thioether (sulfide) groups is 1. The van der Waals surface area contributed by atoms with E-state index in [4.69, 9.17) is 9.78 Å². The van der Waals surface area contributed by atoms with Crippen LogP contribution in [0.25, 0.3) is 22.2 Å². The molecule has 0 spiro atoms. The second-order valence-corrected chi connectivity index (χ2v) is 5.06. The summed E-state index contributed by atoms with van der Waals surface area (Å²) in [6.45, 7) is 3.78. The van der Waals surface area contributed by atoms with Crippen molar-refractivity contribution >= 4 is 22.7 Å². The van der Waals surface area contributed by atoms with Crippen LogP contribution >= 0.6 is 11.8 Å². The van der Waals surface area contributed by atoms with E-state index in [0.29, 0.717) is 0 Å². The number of fused-ring (bicyclic) bond motifs is 1. The molecule has 0 aliphatic heterocycles. The number of aromatic amines is 1. The third-order valence-electron chi connectivity index (χ3n) is 3.09. The Balaban J connectivity index is 2.35. The number of aryl methyl sites for hydroxylation is 2. The van der Waals surface area contributed by atoms with Crippen molar-refractivity contribution in [3.8, 4) is 16.7 Å². The molecule has 2 heterocycles. The second kappa shape index (κ2) is 4.48. The Hall–Kier alpha value is -2.19. The van der Waals surface area contributed by atoms with Gasteiger partial charge in [-0.3, -0.25) is 0 Å². The van der Waals surface area contributed by atoms with Crippen LogP contribution in [0, 0.1) is 24.5 Å². The maximum atomic E-state index is 9.02. The van der Waals surface area contributed by atoms with Gasteiger partial charge in [-0.25, -0.2) is 0 Å². The van der Waals surface area contributed by atoms with Gasteiger partial charge in [0.15, 0.2) is 0 Å². The monoisotopic (exact) mass is 269 g/mol. The molecule has 0 fully saturated rings. The van der Waals surface area contributed by atoms with E-state index in [2.05, 4.69) is 15.5 Å². The van der Waals surface area contributed by atoms with E-state index in [1.54, 1.807) is 0 Å². The van der Waals surface area contributed by atoms with E-state index in [0.717, 1.165) is 50.3 Å². The van der Waals surface area contributed by atoms with Gasteiger partial charge in [-0.1, -0.05) is 23.4 Å². The van der Waals surface area contributed by atoms with Gasteiger partial charge in [-0.15, -0.1) is 0 Å². The maximum absolute atomic E-state index is 9.02. The number of nitriles is 1. The summed E-state index contributed by atoms with van der Waals surface area (Å²) in [4.78, 5) is 4.28. The molecule has 3 aromatic rings. The summed E-state index contributed by atoms with van der Waals surface area (Å²) >= 11 is 1.16. The molecule has 3 rings (SSSR count). The highest BCUT2D eigenvalue weighted by atomic mass is 32.2. The lowest BCUT2D eigenvalue weighted by Crippen LogP contribution is -1.83. The number of para-hydroxylation sites is 1. The number of thiocyanates is 1. The molecule has 0 aliphatic carbocycles. The van der Waals surface area contributed by atoms with E-state index < -0.39 is 0 Å². The minimum absolute atomic E-state index is 0.754. The highest BCUT2D eigenvalue weighted by molar-refractivity contribution is 8.04. The Morgan fingerprint density at radius 2 is 2.11 bits per heavy atom. The van der Waals surface area contributed by atoms with Crippen LogP contribution in [-0.2, 0) is 0 Å². The summed E-state index contributed by atoms with van der Waals surface area (Å²) in [5, 5.41) is 16.2. The van der Waals surface area contributed by atoms with Crippen LogP contribution in [0.5, 0.6) is 0 Å². The molecule has 0 aliphatic rings. The van der Waals surface area contributed by atoms with Crippen molar-refractivity contribution in [2.45, 2.75) is 18.7 Å². The lowest BCUT2D eigenvalue weighted by molar-refractivity contribution is 0.393. The van der Waals surface area contributed by atoms with Gasteiger partial charge in [0.1, 0.15) is 11.2 Å². The van der Waals surface area contributed by atoms with Gasteiger partial charge in [-0.2, -0.15) is 5.26 Å². The quantitative estimate of drug-likeness (QED) is 0.564. The molecule has 0 amide bonds. The first-order chi connectivity index (χ1) is 9.22. The van der Waals surface area contributed by atoms with E-state index in [9.17, 15) is 0 Å². The Morgan fingerprint density at radius 1 is 1.32 bits per heavy atom. The van der Waals surface area contributed by atoms with Crippen LogP contribution in [0.2, 0.25) is 0 Å². The molecule has 19 heavy (non-hydrogen) atoms. The van der Waals surface area contributed by atoms with Crippen molar-refractivity contribution in [1.82, 2.24) is 10.1 Å². The van der Waals surface area contributed by atoms with Crippen molar-refractivity contribution in [2.75, 3.05) is 0 Å². The van der Waals surface area contributed by atoms with E-state index in [-0.39, 0.29) is 0 Å². The maximum Gasteiger partial charge on any atom is 0.143 e. The third-order valence-corrected chi connectivity index (χ3v) is 3.81. The molecule has 0 radical (unpaired) electrons. The number of hydrogen-bond donors (Lipinski definition) is 1.